The number of methoxy groups -OCH3 is 1. The van der Waals surface area contributed by atoms with Gasteiger partial charge in [0.2, 0.25) is 0 Å². The van der Waals surface area contributed by atoms with Crippen LogP contribution in [0.3, 0.4) is 0 Å². The zero-order valence-electron chi connectivity index (χ0n) is 11.9. The van der Waals surface area contributed by atoms with Gasteiger partial charge in [0.1, 0.15) is 6.04 Å². The maximum atomic E-state index is 12.6. The maximum Gasteiger partial charge on any atom is 0.322 e. The Morgan fingerprint density at radius 2 is 1.90 bits per heavy atom. The highest BCUT2D eigenvalue weighted by Crippen LogP contribution is 2.28. The van der Waals surface area contributed by atoms with Gasteiger partial charge in [0.15, 0.2) is 0 Å². The summed E-state index contributed by atoms with van der Waals surface area (Å²) in [5.41, 5.74) is 0. The normalized spacial score (nSPS) is 30.7. The minimum Gasteiger partial charge on any atom is -0.480 e. The highest BCUT2D eigenvalue weighted by molar-refractivity contribution is 7.86. The summed E-state index contributed by atoms with van der Waals surface area (Å²) in [7, 11) is -2.24. The van der Waals surface area contributed by atoms with Gasteiger partial charge in [-0.1, -0.05) is 6.92 Å². The lowest BCUT2D eigenvalue weighted by Crippen LogP contribution is -2.50. The van der Waals surface area contributed by atoms with E-state index in [1.165, 1.54) is 11.4 Å². The van der Waals surface area contributed by atoms with Crippen LogP contribution in [0.2, 0.25) is 0 Å². The van der Waals surface area contributed by atoms with E-state index in [4.69, 9.17) is 4.74 Å². The van der Waals surface area contributed by atoms with Gasteiger partial charge in [-0.3, -0.25) is 4.79 Å². The lowest BCUT2D eigenvalue weighted by atomic mass is 10.0. The van der Waals surface area contributed by atoms with Crippen LogP contribution in [-0.2, 0) is 19.7 Å². The quantitative estimate of drug-likeness (QED) is 0.798. The van der Waals surface area contributed by atoms with Crippen LogP contribution >= 0.6 is 0 Å². The number of hydrogen-bond acceptors (Lipinski definition) is 4. The molecule has 2 aliphatic rings. The number of carboxylic acid groups (broad SMARTS) is 1. The third-order valence-corrected chi connectivity index (χ3v) is 6.21. The van der Waals surface area contributed by atoms with Crippen LogP contribution in [0.4, 0.5) is 0 Å². The molecule has 2 fully saturated rings. The summed E-state index contributed by atoms with van der Waals surface area (Å²) in [4.78, 5) is 11.3. The van der Waals surface area contributed by atoms with Crippen molar-refractivity contribution in [2.24, 2.45) is 5.92 Å². The van der Waals surface area contributed by atoms with Gasteiger partial charge in [0.05, 0.1) is 6.10 Å². The second-order valence-corrected chi connectivity index (χ2v) is 7.49. The van der Waals surface area contributed by atoms with Gasteiger partial charge in [0, 0.05) is 33.2 Å². The van der Waals surface area contributed by atoms with Crippen molar-refractivity contribution < 1.29 is 23.1 Å². The van der Waals surface area contributed by atoms with Gasteiger partial charge in [-0.05, 0) is 18.8 Å². The topological polar surface area (TPSA) is 87.1 Å². The number of aliphatic carboxylic acids is 1. The molecule has 2 heterocycles. The van der Waals surface area contributed by atoms with E-state index in [0.717, 1.165) is 17.1 Å². The molecule has 2 unspecified atom stereocenters. The predicted octanol–water partition coefficient (Wildman–Crippen LogP) is 0.137. The van der Waals surface area contributed by atoms with E-state index in [9.17, 15) is 18.3 Å². The highest BCUT2D eigenvalue weighted by atomic mass is 32.2. The molecule has 20 heavy (non-hydrogen) atoms. The Labute approximate surface area is 119 Å². The molecule has 8 heteroatoms. The van der Waals surface area contributed by atoms with Crippen molar-refractivity contribution in [1.82, 2.24) is 8.61 Å². The van der Waals surface area contributed by atoms with Crippen LogP contribution in [-0.4, -0.2) is 67.0 Å². The SMILES string of the molecule is COC1CC(C(=O)O)N(S(=O)(=O)N2CCC(C)CC2)C1. The smallest absolute Gasteiger partial charge is 0.322 e. The fourth-order valence-electron chi connectivity index (χ4n) is 2.78. The van der Waals surface area contributed by atoms with E-state index < -0.39 is 22.2 Å². The molecule has 7 nitrogen and oxygen atoms in total. The number of ether oxygens (including phenoxy) is 1. The van der Waals surface area contributed by atoms with Crippen LogP contribution in [0.5, 0.6) is 0 Å². The maximum absolute atomic E-state index is 12.6. The molecule has 0 aromatic heterocycles. The number of piperidine rings is 1. The molecule has 0 spiro atoms. The van der Waals surface area contributed by atoms with Crippen molar-refractivity contribution in [2.45, 2.75) is 38.3 Å². The van der Waals surface area contributed by atoms with Crippen LogP contribution in [0.25, 0.3) is 0 Å². The van der Waals surface area contributed by atoms with Gasteiger partial charge in [-0.2, -0.15) is 17.0 Å². The van der Waals surface area contributed by atoms with Crippen LogP contribution in [0.15, 0.2) is 0 Å². The average molecular weight is 306 g/mol. The molecule has 0 radical (unpaired) electrons. The number of carbonyl (C=O) groups is 1. The molecule has 2 aliphatic heterocycles. The summed E-state index contributed by atoms with van der Waals surface area (Å²) in [5, 5.41) is 9.22. The minimum absolute atomic E-state index is 0.113. The standard InChI is InChI=1S/C12H22N2O5S/c1-9-3-5-13(6-4-9)20(17,18)14-8-10(19-2)7-11(14)12(15)16/h9-11H,3-8H2,1-2H3,(H,15,16). The first-order chi connectivity index (χ1) is 9.36. The van der Waals surface area contributed by atoms with Gasteiger partial charge in [-0.25, -0.2) is 0 Å². The van der Waals surface area contributed by atoms with Crippen molar-refractivity contribution >= 4 is 16.2 Å². The van der Waals surface area contributed by atoms with Gasteiger partial charge in [-0.15, -0.1) is 0 Å². The number of hydrogen-bond donors (Lipinski definition) is 1. The molecule has 0 aromatic rings. The second kappa shape index (κ2) is 5.97. The summed E-state index contributed by atoms with van der Waals surface area (Å²) < 4.78 is 32.8. The van der Waals surface area contributed by atoms with Gasteiger partial charge in [0.25, 0.3) is 10.2 Å². The number of rotatable bonds is 4. The Kier molecular flexibility index (Phi) is 4.68. The van der Waals surface area contributed by atoms with Gasteiger partial charge < -0.3 is 9.84 Å². The van der Waals surface area contributed by atoms with E-state index in [-0.39, 0.29) is 19.1 Å². The van der Waals surface area contributed by atoms with E-state index in [0.29, 0.717) is 19.0 Å². The monoisotopic (exact) mass is 306 g/mol. The highest BCUT2D eigenvalue weighted by Gasteiger charge is 2.46. The second-order valence-electron chi connectivity index (χ2n) is 5.61. The lowest BCUT2D eigenvalue weighted by molar-refractivity contribution is -0.140. The van der Waals surface area contributed by atoms with Crippen LogP contribution < -0.4 is 0 Å². The largest absolute Gasteiger partial charge is 0.480 e. The van der Waals surface area contributed by atoms with E-state index in [1.54, 1.807) is 0 Å². The summed E-state index contributed by atoms with van der Waals surface area (Å²) >= 11 is 0. The fraction of sp³-hybridized carbons (Fsp3) is 0.917. The Hall–Kier alpha value is -0.700. The molecule has 2 saturated heterocycles. The third-order valence-electron chi connectivity index (χ3n) is 4.20. The molecule has 0 bridgehead atoms. The van der Waals surface area contributed by atoms with Crippen LogP contribution in [0.1, 0.15) is 26.2 Å². The predicted molar refractivity (Wildman–Crippen MR) is 72.4 cm³/mol. The Morgan fingerprint density at radius 1 is 1.30 bits per heavy atom. The van der Waals surface area contributed by atoms with Crippen LogP contribution in [0, 0.1) is 5.92 Å². The van der Waals surface area contributed by atoms with Gasteiger partial charge >= 0.3 is 5.97 Å². The zero-order chi connectivity index (χ0) is 14.9. The van der Waals surface area contributed by atoms with E-state index in [2.05, 4.69) is 6.92 Å². The zero-order valence-corrected chi connectivity index (χ0v) is 12.7. The molecule has 116 valence electrons. The summed E-state index contributed by atoms with van der Waals surface area (Å²) in [6, 6.07) is -1.02. The summed E-state index contributed by atoms with van der Waals surface area (Å²) in [6.07, 6.45) is 1.49. The average Bonchev–Trinajstić information content (AvgIpc) is 2.84. The lowest BCUT2D eigenvalue weighted by Gasteiger charge is -2.33. The minimum atomic E-state index is -3.72. The molecule has 1 N–H and O–H groups in total. The van der Waals surface area contributed by atoms with Crippen molar-refractivity contribution in [3.05, 3.63) is 0 Å². The van der Waals surface area contributed by atoms with Crippen molar-refractivity contribution in [2.75, 3.05) is 26.7 Å². The van der Waals surface area contributed by atoms with Crippen molar-refractivity contribution in [3.63, 3.8) is 0 Å². The molecule has 0 aromatic carbocycles. The summed E-state index contributed by atoms with van der Waals surface area (Å²) in [6.45, 7) is 3.14. The molecule has 0 amide bonds. The van der Waals surface area contributed by atoms with E-state index in [1.807, 2.05) is 0 Å². The van der Waals surface area contributed by atoms with Crippen molar-refractivity contribution in [1.29, 1.82) is 0 Å². The summed E-state index contributed by atoms with van der Waals surface area (Å²) in [5.74, 6) is -0.597. The Bertz CT molecular complexity index is 458. The molecular weight excluding hydrogens is 284 g/mol. The first-order valence-corrected chi connectivity index (χ1v) is 8.28. The fourth-order valence-corrected chi connectivity index (χ4v) is 4.60. The number of nitrogens with zero attached hydrogens (tertiary/aromatic N) is 2. The van der Waals surface area contributed by atoms with E-state index >= 15 is 0 Å². The number of carboxylic acids is 1. The Morgan fingerprint density at radius 3 is 2.40 bits per heavy atom. The first kappa shape index (κ1) is 15.7. The molecule has 0 aliphatic carbocycles. The molecule has 2 rings (SSSR count). The molecular formula is C12H22N2O5S. The Balaban J connectivity index is 2.17. The molecule has 0 saturated carbocycles. The molecule has 2 atom stereocenters. The third kappa shape index (κ3) is 2.98. The first-order valence-electron chi connectivity index (χ1n) is 6.88. The van der Waals surface area contributed by atoms with Crippen molar-refractivity contribution in [3.8, 4) is 0 Å².